The smallest absolute Gasteiger partial charge is 0.243 e. The van der Waals surface area contributed by atoms with E-state index in [1.807, 2.05) is 65.2 Å². The standard InChI is InChI=1S/C29H31N5O3S2/c1-21(2)22-13-15-24(16-14-22)30-27(35)20-38-29-32-31-28(34(29)25-10-4-3-5-11-25)23-9-8-12-26(19-23)39(36,37)33-17-6-7-18-33/h3-5,8-16,19,21H,6-7,17-18,20H2,1-2H3,(H,30,35). The molecule has 2 heterocycles. The molecular formula is C29H31N5O3S2. The fourth-order valence-electron chi connectivity index (χ4n) is 4.51. The second-order valence-corrected chi connectivity index (χ2v) is 12.6. The third-order valence-electron chi connectivity index (χ3n) is 6.64. The number of nitrogens with one attached hydrogen (secondary N) is 1. The Labute approximate surface area is 233 Å². The molecule has 0 radical (unpaired) electrons. The summed E-state index contributed by atoms with van der Waals surface area (Å²) in [6.07, 6.45) is 1.75. The molecule has 5 rings (SSSR count). The monoisotopic (exact) mass is 561 g/mol. The van der Waals surface area contributed by atoms with Crippen molar-refractivity contribution in [2.75, 3.05) is 24.2 Å². The topological polar surface area (TPSA) is 97.2 Å². The van der Waals surface area contributed by atoms with E-state index in [4.69, 9.17) is 0 Å². The minimum atomic E-state index is -3.58. The molecule has 0 saturated carbocycles. The van der Waals surface area contributed by atoms with Gasteiger partial charge in [0.2, 0.25) is 15.9 Å². The summed E-state index contributed by atoms with van der Waals surface area (Å²) >= 11 is 1.27. The third-order valence-corrected chi connectivity index (χ3v) is 9.46. The van der Waals surface area contributed by atoms with Gasteiger partial charge in [-0.15, -0.1) is 10.2 Å². The van der Waals surface area contributed by atoms with Crippen molar-refractivity contribution in [1.29, 1.82) is 0 Å². The van der Waals surface area contributed by atoms with Gasteiger partial charge in [0.05, 0.1) is 10.6 Å². The van der Waals surface area contributed by atoms with Crippen LogP contribution in [0, 0.1) is 0 Å². The lowest BCUT2D eigenvalue weighted by Gasteiger charge is -2.16. The molecule has 3 aromatic carbocycles. The number of hydrogen-bond donors (Lipinski definition) is 1. The lowest BCUT2D eigenvalue weighted by molar-refractivity contribution is -0.113. The zero-order valence-electron chi connectivity index (χ0n) is 21.9. The van der Waals surface area contributed by atoms with Crippen LogP contribution in [0.3, 0.4) is 0 Å². The summed E-state index contributed by atoms with van der Waals surface area (Å²) in [5, 5.41) is 12.3. The van der Waals surface area contributed by atoms with Gasteiger partial charge in [-0.2, -0.15) is 4.31 Å². The van der Waals surface area contributed by atoms with Crippen molar-refractivity contribution < 1.29 is 13.2 Å². The molecule has 39 heavy (non-hydrogen) atoms. The first-order chi connectivity index (χ1) is 18.8. The van der Waals surface area contributed by atoms with Crippen LogP contribution in [-0.4, -0.2) is 52.2 Å². The Balaban J connectivity index is 1.40. The molecule has 4 aromatic rings. The number of hydrogen-bond acceptors (Lipinski definition) is 6. The molecule has 10 heteroatoms. The van der Waals surface area contributed by atoms with E-state index in [0.29, 0.717) is 35.6 Å². The lowest BCUT2D eigenvalue weighted by Crippen LogP contribution is -2.27. The van der Waals surface area contributed by atoms with E-state index in [-0.39, 0.29) is 16.6 Å². The SMILES string of the molecule is CC(C)c1ccc(NC(=O)CSc2nnc(-c3cccc(S(=O)(=O)N4CCCC4)c3)n2-c2ccccc2)cc1. The van der Waals surface area contributed by atoms with Crippen molar-refractivity contribution in [2.45, 2.75) is 42.7 Å². The molecule has 1 aromatic heterocycles. The molecular weight excluding hydrogens is 530 g/mol. The zero-order valence-corrected chi connectivity index (χ0v) is 23.6. The molecule has 0 atom stereocenters. The number of nitrogens with zero attached hydrogens (tertiary/aromatic N) is 4. The summed E-state index contributed by atoms with van der Waals surface area (Å²) in [5.41, 5.74) is 3.40. The molecule has 1 N–H and O–H groups in total. The second kappa shape index (κ2) is 11.7. The highest BCUT2D eigenvalue weighted by Crippen LogP contribution is 2.30. The Hall–Kier alpha value is -3.47. The highest BCUT2D eigenvalue weighted by atomic mass is 32.2. The quantitative estimate of drug-likeness (QED) is 0.268. The molecule has 202 valence electrons. The number of anilines is 1. The number of rotatable bonds is 9. The predicted octanol–water partition coefficient (Wildman–Crippen LogP) is 5.57. The van der Waals surface area contributed by atoms with Crippen LogP contribution in [0.15, 0.2) is 88.9 Å². The van der Waals surface area contributed by atoms with Crippen molar-refractivity contribution in [3.63, 3.8) is 0 Å². The molecule has 8 nitrogen and oxygen atoms in total. The van der Waals surface area contributed by atoms with Gasteiger partial charge in [0.25, 0.3) is 0 Å². The van der Waals surface area contributed by atoms with E-state index in [2.05, 4.69) is 29.4 Å². The number of thioether (sulfide) groups is 1. The molecule has 1 saturated heterocycles. The molecule has 1 aliphatic rings. The molecule has 1 aliphatic heterocycles. The van der Waals surface area contributed by atoms with Crippen molar-refractivity contribution in [3.05, 3.63) is 84.4 Å². The van der Waals surface area contributed by atoms with E-state index in [0.717, 1.165) is 24.2 Å². The largest absolute Gasteiger partial charge is 0.325 e. The maximum Gasteiger partial charge on any atom is 0.243 e. The fraction of sp³-hybridized carbons (Fsp3) is 0.276. The Morgan fingerprint density at radius 3 is 2.36 bits per heavy atom. The van der Waals surface area contributed by atoms with Crippen molar-refractivity contribution in [1.82, 2.24) is 19.1 Å². The minimum absolute atomic E-state index is 0.139. The first kappa shape index (κ1) is 27.1. The van der Waals surface area contributed by atoms with Crippen LogP contribution in [0.25, 0.3) is 17.1 Å². The molecule has 1 fully saturated rings. The van der Waals surface area contributed by atoms with E-state index < -0.39 is 10.0 Å². The number of sulfonamides is 1. The maximum absolute atomic E-state index is 13.2. The summed E-state index contributed by atoms with van der Waals surface area (Å²) in [5.74, 6) is 0.914. The number of carbonyl (C=O) groups excluding carboxylic acids is 1. The van der Waals surface area contributed by atoms with Crippen LogP contribution in [0.1, 0.15) is 38.2 Å². The highest BCUT2D eigenvalue weighted by molar-refractivity contribution is 7.99. The van der Waals surface area contributed by atoms with Gasteiger partial charge in [-0.25, -0.2) is 8.42 Å². The number of benzene rings is 3. The fourth-order valence-corrected chi connectivity index (χ4v) is 6.83. The molecule has 0 bridgehead atoms. The molecule has 0 spiro atoms. The van der Waals surface area contributed by atoms with Crippen LogP contribution in [0.5, 0.6) is 0 Å². The van der Waals surface area contributed by atoms with Crippen molar-refractivity contribution >= 4 is 33.4 Å². The zero-order chi connectivity index (χ0) is 27.4. The Morgan fingerprint density at radius 2 is 1.67 bits per heavy atom. The van der Waals surface area contributed by atoms with Crippen LogP contribution in [-0.2, 0) is 14.8 Å². The van der Waals surface area contributed by atoms with Crippen molar-refractivity contribution in [3.8, 4) is 17.1 Å². The average molecular weight is 562 g/mol. The third kappa shape index (κ3) is 6.08. The summed E-state index contributed by atoms with van der Waals surface area (Å²) < 4.78 is 29.8. The van der Waals surface area contributed by atoms with Gasteiger partial charge in [0, 0.05) is 30.0 Å². The molecule has 0 unspecified atom stereocenters. The van der Waals surface area contributed by atoms with Gasteiger partial charge in [0.15, 0.2) is 11.0 Å². The van der Waals surface area contributed by atoms with Gasteiger partial charge in [-0.05, 0) is 60.7 Å². The molecule has 0 aliphatic carbocycles. The van der Waals surface area contributed by atoms with E-state index in [9.17, 15) is 13.2 Å². The van der Waals surface area contributed by atoms with Gasteiger partial charge >= 0.3 is 0 Å². The first-order valence-electron chi connectivity index (χ1n) is 13.0. The number of amides is 1. The Bertz CT molecular complexity index is 1550. The van der Waals surface area contributed by atoms with Crippen LogP contribution in [0.4, 0.5) is 5.69 Å². The van der Waals surface area contributed by atoms with Crippen LogP contribution >= 0.6 is 11.8 Å². The van der Waals surface area contributed by atoms with Crippen LogP contribution < -0.4 is 5.32 Å². The van der Waals surface area contributed by atoms with Crippen LogP contribution in [0.2, 0.25) is 0 Å². The Morgan fingerprint density at radius 1 is 0.949 bits per heavy atom. The van der Waals surface area contributed by atoms with Gasteiger partial charge < -0.3 is 5.32 Å². The van der Waals surface area contributed by atoms with E-state index in [1.165, 1.54) is 21.6 Å². The summed E-state index contributed by atoms with van der Waals surface area (Å²) in [7, 11) is -3.58. The van der Waals surface area contributed by atoms with E-state index >= 15 is 0 Å². The second-order valence-electron chi connectivity index (χ2n) is 9.73. The maximum atomic E-state index is 13.2. The molecule has 1 amide bonds. The summed E-state index contributed by atoms with van der Waals surface area (Å²) in [6.45, 7) is 5.34. The first-order valence-corrected chi connectivity index (χ1v) is 15.4. The highest BCUT2D eigenvalue weighted by Gasteiger charge is 2.28. The average Bonchev–Trinajstić information content (AvgIpc) is 3.64. The lowest BCUT2D eigenvalue weighted by atomic mass is 10.0. The Kier molecular flexibility index (Phi) is 8.15. The minimum Gasteiger partial charge on any atom is -0.325 e. The number of carbonyl (C=O) groups is 1. The van der Waals surface area contributed by atoms with Gasteiger partial charge in [0.1, 0.15) is 0 Å². The van der Waals surface area contributed by atoms with E-state index in [1.54, 1.807) is 18.2 Å². The van der Waals surface area contributed by atoms with Gasteiger partial charge in [-0.1, -0.05) is 68.1 Å². The summed E-state index contributed by atoms with van der Waals surface area (Å²) in [6, 6.07) is 24.3. The normalized spacial score (nSPS) is 14.1. The number of aromatic nitrogens is 3. The summed E-state index contributed by atoms with van der Waals surface area (Å²) in [4.78, 5) is 13.0. The van der Waals surface area contributed by atoms with Gasteiger partial charge in [-0.3, -0.25) is 9.36 Å². The number of para-hydroxylation sites is 1. The van der Waals surface area contributed by atoms with Crippen molar-refractivity contribution in [2.24, 2.45) is 0 Å². The predicted molar refractivity (Wildman–Crippen MR) is 155 cm³/mol.